The zero-order valence-corrected chi connectivity index (χ0v) is 16.1. The molecule has 0 radical (unpaired) electrons. The summed E-state index contributed by atoms with van der Waals surface area (Å²) in [7, 11) is -2.98. The third-order valence-corrected chi connectivity index (χ3v) is 6.60. The molecule has 0 aromatic carbocycles. The van der Waals surface area contributed by atoms with Gasteiger partial charge in [-0.25, -0.2) is 0 Å². The summed E-state index contributed by atoms with van der Waals surface area (Å²) >= 11 is 0. The number of fused-ring (bicyclic) bond motifs is 1. The molecule has 1 saturated carbocycles. The van der Waals surface area contributed by atoms with Gasteiger partial charge in [-0.2, -0.15) is 0 Å². The maximum absolute atomic E-state index is 6.12. The first-order valence-electron chi connectivity index (χ1n) is 9.44. The highest BCUT2D eigenvalue weighted by atomic mass is 28.4. The molecular formula is C17H34O5Si. The van der Waals surface area contributed by atoms with Crippen LogP contribution in [-0.4, -0.2) is 47.7 Å². The van der Waals surface area contributed by atoms with E-state index in [1.165, 1.54) is 19.3 Å². The molecule has 1 heterocycles. The van der Waals surface area contributed by atoms with E-state index in [0.29, 0.717) is 44.6 Å². The Morgan fingerprint density at radius 3 is 1.87 bits per heavy atom. The molecule has 2 fully saturated rings. The molecule has 0 spiro atoms. The highest BCUT2D eigenvalue weighted by molar-refractivity contribution is 6.53. The number of ether oxygens (including phenoxy) is 1. The maximum atomic E-state index is 6.12. The predicted octanol–water partition coefficient (Wildman–Crippen LogP) is 3.68. The van der Waals surface area contributed by atoms with Gasteiger partial charge in [-0.15, -0.1) is 0 Å². The van der Waals surface area contributed by atoms with E-state index >= 15 is 0 Å². The van der Waals surface area contributed by atoms with Crippen molar-refractivity contribution in [1.82, 2.24) is 0 Å². The van der Waals surface area contributed by atoms with Gasteiger partial charge < -0.3 is 22.4 Å². The van der Waals surface area contributed by atoms with E-state index in [2.05, 4.69) is 20.8 Å². The van der Waals surface area contributed by atoms with Crippen molar-refractivity contribution in [1.29, 1.82) is 0 Å². The van der Waals surface area contributed by atoms with Crippen LogP contribution in [0.3, 0.4) is 0 Å². The van der Waals surface area contributed by atoms with Gasteiger partial charge in [0.15, 0.2) is 0 Å². The number of hydrogen-bond acceptors (Lipinski definition) is 5. The highest BCUT2D eigenvalue weighted by Crippen LogP contribution is 2.40. The minimum absolute atomic E-state index is 0.528. The molecule has 136 valence electrons. The van der Waals surface area contributed by atoms with Crippen molar-refractivity contribution in [3.63, 3.8) is 0 Å². The van der Waals surface area contributed by atoms with E-state index in [1.54, 1.807) is 0 Å². The van der Waals surface area contributed by atoms with Gasteiger partial charge in [0, 0.05) is 26.4 Å². The Morgan fingerprint density at radius 1 is 0.783 bits per heavy atom. The normalized spacial score (nSPS) is 27.0. The van der Waals surface area contributed by atoms with Crippen LogP contribution in [0.5, 0.6) is 0 Å². The molecule has 1 saturated heterocycles. The van der Waals surface area contributed by atoms with Crippen LogP contribution < -0.4 is 0 Å². The predicted molar refractivity (Wildman–Crippen MR) is 91.1 cm³/mol. The third kappa shape index (κ3) is 6.44. The Bertz CT molecular complexity index is 306. The summed E-state index contributed by atoms with van der Waals surface area (Å²) in [5.41, 5.74) is 0. The van der Waals surface area contributed by atoms with Crippen molar-refractivity contribution in [3.05, 3.63) is 0 Å². The van der Waals surface area contributed by atoms with Gasteiger partial charge >= 0.3 is 9.05 Å². The fourth-order valence-corrected chi connectivity index (χ4v) is 5.26. The van der Waals surface area contributed by atoms with Gasteiger partial charge in [0.1, 0.15) is 0 Å². The second kappa shape index (κ2) is 10.1. The minimum atomic E-state index is -2.98. The summed E-state index contributed by atoms with van der Waals surface area (Å²) in [4.78, 5) is 0. The van der Waals surface area contributed by atoms with Crippen LogP contribution >= 0.6 is 0 Å². The smallest absolute Gasteiger partial charge is 0.370 e. The molecule has 0 bridgehead atoms. The average molecular weight is 347 g/mol. The van der Waals surface area contributed by atoms with Gasteiger partial charge in [0.2, 0.25) is 0 Å². The number of rotatable bonds is 13. The largest absolute Gasteiger partial charge is 0.679 e. The molecule has 6 heteroatoms. The second-order valence-electron chi connectivity index (χ2n) is 6.57. The Morgan fingerprint density at radius 2 is 1.35 bits per heavy atom. The van der Waals surface area contributed by atoms with Gasteiger partial charge in [0.05, 0.1) is 12.2 Å². The van der Waals surface area contributed by atoms with Crippen molar-refractivity contribution >= 4 is 9.05 Å². The lowest BCUT2D eigenvalue weighted by atomic mass is 9.87. The van der Waals surface area contributed by atoms with Gasteiger partial charge in [-0.1, -0.05) is 20.8 Å². The van der Waals surface area contributed by atoms with Crippen LogP contribution in [0.4, 0.5) is 0 Å². The molecular weight excluding hydrogens is 312 g/mol. The third-order valence-electron chi connectivity index (χ3n) is 4.37. The molecule has 3 unspecified atom stereocenters. The molecule has 2 aliphatic rings. The van der Waals surface area contributed by atoms with Crippen LogP contribution in [0.2, 0.25) is 0 Å². The van der Waals surface area contributed by atoms with E-state index in [1.807, 2.05) is 0 Å². The van der Waals surface area contributed by atoms with Crippen molar-refractivity contribution in [2.24, 2.45) is 5.92 Å². The molecule has 0 aromatic rings. The molecule has 23 heavy (non-hydrogen) atoms. The van der Waals surface area contributed by atoms with Gasteiger partial charge in [-0.05, 0) is 50.9 Å². The van der Waals surface area contributed by atoms with Crippen LogP contribution in [0.25, 0.3) is 0 Å². The summed E-state index contributed by atoms with van der Waals surface area (Å²) in [6.07, 6.45) is 8.59. The summed E-state index contributed by atoms with van der Waals surface area (Å²) < 4.78 is 29.6. The molecule has 1 aliphatic carbocycles. The molecule has 5 nitrogen and oxygen atoms in total. The maximum Gasteiger partial charge on any atom is 0.679 e. The lowest BCUT2D eigenvalue weighted by Gasteiger charge is -2.29. The Balaban J connectivity index is 1.79. The number of hydrogen-bond donors (Lipinski definition) is 0. The van der Waals surface area contributed by atoms with E-state index in [4.69, 9.17) is 22.4 Å². The first-order valence-corrected chi connectivity index (χ1v) is 11.1. The molecule has 0 amide bonds. The summed E-state index contributed by atoms with van der Waals surface area (Å²) in [5, 5.41) is 0. The SMILES string of the molecule is CCCO[Si](OCCC)(OCCC)OCCC1CCC2OC2C1. The summed E-state index contributed by atoms with van der Waals surface area (Å²) in [6, 6.07) is 0. The first-order chi connectivity index (χ1) is 11.2. The molecule has 2 rings (SSSR count). The van der Waals surface area contributed by atoms with E-state index < -0.39 is 9.05 Å². The average Bonchev–Trinajstić information content (AvgIpc) is 3.34. The highest BCUT2D eigenvalue weighted by Gasteiger charge is 2.46. The van der Waals surface area contributed by atoms with E-state index in [0.717, 1.165) is 25.7 Å². The molecule has 1 aliphatic heterocycles. The van der Waals surface area contributed by atoms with Gasteiger partial charge in [0.25, 0.3) is 0 Å². The zero-order chi connectivity index (χ0) is 16.5. The topological polar surface area (TPSA) is 49.5 Å². The fraction of sp³-hybridized carbons (Fsp3) is 1.00. The van der Waals surface area contributed by atoms with Crippen molar-refractivity contribution in [2.45, 2.75) is 77.9 Å². The van der Waals surface area contributed by atoms with Gasteiger partial charge in [-0.3, -0.25) is 0 Å². The molecule has 0 aromatic heterocycles. The lowest BCUT2D eigenvalue weighted by molar-refractivity contribution is -0.0371. The van der Waals surface area contributed by atoms with E-state index in [-0.39, 0.29) is 0 Å². The first kappa shape index (κ1) is 19.3. The summed E-state index contributed by atoms with van der Waals surface area (Å²) in [6.45, 7) is 8.81. The lowest BCUT2D eigenvalue weighted by Crippen LogP contribution is -2.50. The Kier molecular flexibility index (Phi) is 8.50. The Labute approximate surface area is 142 Å². The Hall–Kier alpha value is 0.0169. The van der Waals surface area contributed by atoms with Crippen LogP contribution in [0, 0.1) is 5.92 Å². The van der Waals surface area contributed by atoms with Crippen molar-refractivity contribution < 1.29 is 22.4 Å². The monoisotopic (exact) mass is 346 g/mol. The zero-order valence-electron chi connectivity index (χ0n) is 15.1. The van der Waals surface area contributed by atoms with Crippen molar-refractivity contribution in [2.75, 3.05) is 26.4 Å². The quantitative estimate of drug-likeness (QED) is 0.376. The summed E-state index contributed by atoms with van der Waals surface area (Å²) in [5.74, 6) is 0.703. The van der Waals surface area contributed by atoms with Crippen molar-refractivity contribution in [3.8, 4) is 0 Å². The van der Waals surface area contributed by atoms with E-state index in [9.17, 15) is 0 Å². The van der Waals surface area contributed by atoms with Crippen LogP contribution in [0.15, 0.2) is 0 Å². The van der Waals surface area contributed by atoms with Crippen LogP contribution in [0.1, 0.15) is 65.7 Å². The molecule has 3 atom stereocenters. The van der Waals surface area contributed by atoms with Crippen LogP contribution in [-0.2, 0) is 22.4 Å². The minimum Gasteiger partial charge on any atom is -0.370 e. The second-order valence-corrected chi connectivity index (χ2v) is 8.73. The standard InChI is InChI=1S/C17H34O5Si/c1-4-10-18-23(19-11-5-2,20-12-6-3)21-13-9-15-7-8-16-17(14-15)22-16/h15-17H,4-14H2,1-3H3. The number of epoxide rings is 1. The molecule has 0 N–H and O–H groups in total. The fourth-order valence-electron chi connectivity index (χ4n) is 3.03.